The number of nitrogens with one attached hydrogen (secondary N) is 1. The first-order valence-corrected chi connectivity index (χ1v) is 31.7. The monoisotopic (exact) mass is 1600 g/mol. The Morgan fingerprint density at radius 3 is 1.35 bits per heavy atom. The molecule has 0 unspecified atom stereocenters. The lowest BCUT2D eigenvalue weighted by atomic mass is 9.95. The van der Waals surface area contributed by atoms with Crippen molar-refractivity contribution < 1.29 is 19.1 Å². The molecule has 8 aromatic rings. The van der Waals surface area contributed by atoms with Crippen LogP contribution in [0.5, 0.6) is 0 Å². The first kappa shape index (κ1) is 69.6. The highest BCUT2D eigenvalue weighted by Crippen LogP contribution is 2.35. The lowest BCUT2D eigenvalue weighted by Crippen LogP contribution is -2.52. The van der Waals surface area contributed by atoms with Crippen LogP contribution < -0.4 is 10.2 Å². The van der Waals surface area contributed by atoms with Crippen LogP contribution in [0.2, 0.25) is 5.15 Å². The number of anilines is 1. The second-order valence-corrected chi connectivity index (χ2v) is 27.4. The van der Waals surface area contributed by atoms with Crippen molar-refractivity contribution >= 4 is 166 Å². The van der Waals surface area contributed by atoms with Gasteiger partial charge in [0.1, 0.15) is 26.8 Å². The zero-order chi connectivity index (χ0) is 58.3. The minimum absolute atomic E-state index is 0. The number of carbonyl (C=O) groups is 2. The van der Waals surface area contributed by atoms with E-state index in [2.05, 4.69) is 168 Å². The van der Waals surface area contributed by atoms with Gasteiger partial charge in [0.2, 0.25) is 0 Å². The largest absolute Gasteiger partial charge is 0.444 e. The maximum absolute atomic E-state index is 11.8. The Morgan fingerprint density at radius 1 is 0.530 bits per heavy atom. The molecule has 0 atom stereocenters. The minimum Gasteiger partial charge on any atom is -0.444 e. The molecule has 0 spiro atoms. The maximum atomic E-state index is 11.8. The Labute approximate surface area is 554 Å². The van der Waals surface area contributed by atoms with Crippen molar-refractivity contribution in [2.45, 2.75) is 81.8 Å². The molecule has 0 aliphatic carbocycles. The Bertz CT molecular complexity index is 3340. The topological polar surface area (TPSA) is 152 Å². The third-order valence-corrected chi connectivity index (χ3v) is 17.2. The molecule has 12 rings (SSSR count). The van der Waals surface area contributed by atoms with Crippen LogP contribution in [0.25, 0.3) is 21.8 Å². The highest BCUT2D eigenvalue weighted by atomic mass is 127. The molecule has 83 heavy (non-hydrogen) atoms. The highest BCUT2D eigenvalue weighted by Gasteiger charge is 2.36. The number of aromatic nitrogens is 6. The van der Waals surface area contributed by atoms with Gasteiger partial charge in [-0.05, 0) is 206 Å². The standard InChI is InChI=1S/C17H14BrN3.C13H17BrN2O2.C9H6ClN.C8H9BrN2.C8H14INO2.C5H3Br2N.CH4.ClH/c18-14-5-3-9-19-17(14)13-10-21(11-13)16-8-7-12-4-1-2-6-15(12)20-16;1-13(2,3)18-12(17)16-7-9(8-16)11-10(14)5-4-6-15-11;10-9-6-5-7-3-1-2-4-8(7)11-9;9-7-2-1-3-11-8(7)6-4-10-5-6;1-8(2,3)12-7(11)10-4-6(9)5-10;6-4-2-1-3-8-5(4)7;;/h1-9,13H,10-11H2;4-6,9H,7-8H2,1-3H3;1-6H;1-3,6,10H,4-5H2;6H,4-5H2,1-3H3;1-3H;1H4;1H. The van der Waals surface area contributed by atoms with Crippen molar-refractivity contribution in [1.82, 2.24) is 45.0 Å². The fourth-order valence-electron chi connectivity index (χ4n) is 8.08. The fraction of sp³-hybridized carbons (Fsp3) is 0.344. The van der Waals surface area contributed by atoms with E-state index < -0.39 is 5.60 Å². The number of amides is 2. The van der Waals surface area contributed by atoms with Crippen LogP contribution in [0.4, 0.5) is 15.4 Å². The molecule has 0 bridgehead atoms. The van der Waals surface area contributed by atoms with Gasteiger partial charge in [-0.2, -0.15) is 0 Å². The van der Waals surface area contributed by atoms with Gasteiger partial charge in [0.05, 0.1) is 32.6 Å². The third-order valence-electron chi connectivity index (χ3n) is 12.4. The molecular formula is C61H68Br5Cl2IN10O4. The van der Waals surface area contributed by atoms with Crippen molar-refractivity contribution in [3.63, 3.8) is 0 Å². The number of hydrogen-bond acceptors (Lipinski definition) is 12. The predicted octanol–water partition coefficient (Wildman–Crippen LogP) is 17.3. The molecule has 10 heterocycles. The maximum Gasteiger partial charge on any atom is 0.410 e. The fourth-order valence-corrected chi connectivity index (χ4v) is 11.4. The quantitative estimate of drug-likeness (QED) is 0.101. The van der Waals surface area contributed by atoms with Crippen LogP contribution >= 0.6 is 126 Å². The van der Waals surface area contributed by atoms with Gasteiger partial charge in [0, 0.05) is 123 Å². The van der Waals surface area contributed by atoms with E-state index in [1.807, 2.05) is 139 Å². The summed E-state index contributed by atoms with van der Waals surface area (Å²) in [6.45, 7) is 18.3. The van der Waals surface area contributed by atoms with Crippen molar-refractivity contribution in [3.05, 3.63) is 191 Å². The Morgan fingerprint density at radius 2 is 0.940 bits per heavy atom. The van der Waals surface area contributed by atoms with Gasteiger partial charge < -0.3 is 29.5 Å². The number of fused-ring (bicyclic) bond motifs is 2. The number of hydrogen-bond donors (Lipinski definition) is 1. The SMILES string of the molecule is Brc1cccnc1Br.Brc1cccnc1C1CN(c2ccc3ccccc3n2)C1.Brc1cccnc1C1CNC1.C.CC(C)(C)OC(=O)N1CC(I)C1.CC(C)(C)OC(=O)N1CC(c2ncccc2Br)C1.Cl.Clc1ccc2ccccc2n1. The van der Waals surface area contributed by atoms with E-state index in [9.17, 15) is 9.59 Å². The van der Waals surface area contributed by atoms with Gasteiger partial charge in [0.15, 0.2) is 0 Å². The number of nitrogens with zero attached hydrogens (tertiary/aromatic N) is 9. The molecule has 6 aromatic heterocycles. The van der Waals surface area contributed by atoms with E-state index in [1.54, 1.807) is 28.3 Å². The molecule has 2 amide bonds. The number of likely N-dealkylation sites (tertiary alicyclic amines) is 2. The number of carbonyl (C=O) groups excluding carboxylic acids is 2. The first-order valence-electron chi connectivity index (χ1n) is 26.1. The van der Waals surface area contributed by atoms with E-state index in [4.69, 9.17) is 26.1 Å². The molecule has 442 valence electrons. The zero-order valence-electron chi connectivity index (χ0n) is 46.0. The van der Waals surface area contributed by atoms with Crippen LogP contribution in [0, 0.1) is 0 Å². The van der Waals surface area contributed by atoms with Gasteiger partial charge in [-0.1, -0.05) is 78.0 Å². The number of halogens is 8. The Hall–Kier alpha value is -4.13. The van der Waals surface area contributed by atoms with Crippen LogP contribution in [-0.4, -0.2) is 119 Å². The van der Waals surface area contributed by atoms with Crippen LogP contribution in [0.1, 0.15) is 83.8 Å². The van der Waals surface area contributed by atoms with Gasteiger partial charge in [-0.25, -0.2) is 24.5 Å². The van der Waals surface area contributed by atoms with Crippen LogP contribution in [0.15, 0.2) is 169 Å². The van der Waals surface area contributed by atoms with Gasteiger partial charge >= 0.3 is 12.2 Å². The Balaban J connectivity index is 0.000000187. The average Bonchev–Trinajstić information content (AvgIpc) is 3.49. The van der Waals surface area contributed by atoms with Crippen LogP contribution in [0.3, 0.4) is 0 Å². The van der Waals surface area contributed by atoms with E-state index in [0.29, 0.717) is 39.9 Å². The normalized spacial score (nSPS) is 14.7. The molecule has 4 aliphatic rings. The zero-order valence-corrected chi connectivity index (χ0v) is 57.7. The summed E-state index contributed by atoms with van der Waals surface area (Å²) < 4.78 is 16.2. The van der Waals surface area contributed by atoms with Gasteiger partial charge in [-0.15, -0.1) is 12.4 Å². The molecule has 1 N–H and O–H groups in total. The second kappa shape index (κ2) is 33.1. The van der Waals surface area contributed by atoms with Gasteiger partial charge in [-0.3, -0.25) is 15.0 Å². The first-order chi connectivity index (χ1) is 38.6. The smallest absolute Gasteiger partial charge is 0.410 e. The Kier molecular flexibility index (Phi) is 27.8. The molecule has 14 nitrogen and oxygen atoms in total. The molecule has 4 fully saturated rings. The summed E-state index contributed by atoms with van der Waals surface area (Å²) in [7, 11) is 0. The van der Waals surface area contributed by atoms with E-state index in [0.717, 1.165) is 95.4 Å². The number of rotatable bonds is 4. The van der Waals surface area contributed by atoms with Crippen molar-refractivity contribution in [3.8, 4) is 0 Å². The summed E-state index contributed by atoms with van der Waals surface area (Å²) in [6, 6.07) is 39.8. The van der Waals surface area contributed by atoms with E-state index >= 15 is 0 Å². The number of alkyl halides is 1. The summed E-state index contributed by atoms with van der Waals surface area (Å²) >= 11 is 25.1. The predicted molar refractivity (Wildman–Crippen MR) is 365 cm³/mol. The highest BCUT2D eigenvalue weighted by molar-refractivity contribution is 14.1. The second-order valence-electron chi connectivity index (χ2n) is 21.1. The summed E-state index contributed by atoms with van der Waals surface area (Å²) in [6.07, 6.45) is 6.78. The number of benzene rings is 2. The summed E-state index contributed by atoms with van der Waals surface area (Å²) in [5.74, 6) is 2.45. The van der Waals surface area contributed by atoms with Gasteiger partial charge in [0.25, 0.3) is 0 Å². The number of pyridine rings is 6. The lowest BCUT2D eigenvalue weighted by Gasteiger charge is -2.40. The number of ether oxygens (including phenoxy) is 2. The molecule has 0 saturated carbocycles. The van der Waals surface area contributed by atoms with E-state index in [1.165, 1.54) is 11.1 Å². The van der Waals surface area contributed by atoms with Crippen LogP contribution in [-0.2, 0) is 9.47 Å². The molecule has 22 heteroatoms. The summed E-state index contributed by atoms with van der Waals surface area (Å²) in [5.41, 5.74) is 4.54. The molecule has 0 radical (unpaired) electrons. The minimum atomic E-state index is -0.437. The molecule has 4 saturated heterocycles. The van der Waals surface area contributed by atoms with E-state index in [-0.39, 0.29) is 37.6 Å². The summed E-state index contributed by atoms with van der Waals surface area (Å²) in [4.78, 5) is 54.8. The molecule has 4 aliphatic heterocycles. The number of para-hydroxylation sites is 2. The third kappa shape index (κ3) is 21.7. The average molecular weight is 1600 g/mol. The summed E-state index contributed by atoms with van der Waals surface area (Å²) in [5, 5.41) is 6.08. The molecular weight excluding hydrogens is 1530 g/mol. The van der Waals surface area contributed by atoms with Crippen molar-refractivity contribution in [2.24, 2.45) is 0 Å². The lowest BCUT2D eigenvalue weighted by molar-refractivity contribution is 0.00769. The van der Waals surface area contributed by atoms with Crippen molar-refractivity contribution in [2.75, 3.05) is 57.3 Å². The van der Waals surface area contributed by atoms with Crippen molar-refractivity contribution in [1.29, 1.82) is 0 Å². The molecule has 2 aromatic carbocycles.